The highest BCUT2D eigenvalue weighted by molar-refractivity contribution is 6.09. The molecule has 2 N–H and O–H groups in total. The molecule has 1 amide bonds. The Kier molecular flexibility index (Phi) is 7.49. The highest BCUT2D eigenvalue weighted by Gasteiger charge is 2.18. The van der Waals surface area contributed by atoms with Crippen molar-refractivity contribution in [3.63, 3.8) is 0 Å². The van der Waals surface area contributed by atoms with Gasteiger partial charge in [0.15, 0.2) is 0 Å². The number of anilines is 2. The Morgan fingerprint density at radius 1 is 0.938 bits per heavy atom. The number of carboxylic acids is 1. The maximum absolute atomic E-state index is 13.2. The van der Waals surface area contributed by atoms with Crippen molar-refractivity contribution < 1.29 is 19.4 Å². The van der Waals surface area contributed by atoms with E-state index in [9.17, 15) is 14.7 Å². The Balaban J connectivity index is 1.96. The number of unbranched alkanes of at least 4 members (excludes halogenated alkanes) is 1. The molecule has 0 saturated heterocycles. The number of nitrogens with zero attached hydrogens (tertiary/aromatic N) is 1. The van der Waals surface area contributed by atoms with Gasteiger partial charge in [-0.2, -0.15) is 0 Å². The van der Waals surface area contributed by atoms with E-state index >= 15 is 0 Å². The van der Waals surface area contributed by atoms with Crippen LogP contribution >= 0.6 is 0 Å². The molecule has 166 valence electrons. The average molecular weight is 433 g/mol. The zero-order chi connectivity index (χ0) is 23.1. The Morgan fingerprint density at radius 3 is 2.31 bits per heavy atom. The molecule has 0 saturated carbocycles. The van der Waals surface area contributed by atoms with Gasteiger partial charge in [-0.15, -0.1) is 0 Å². The Bertz CT molecular complexity index is 1090. The number of nitrogens with one attached hydrogen (secondary N) is 1. The number of carbonyl (C=O) groups is 2. The van der Waals surface area contributed by atoms with Gasteiger partial charge in [-0.25, -0.2) is 4.79 Å². The van der Waals surface area contributed by atoms with E-state index in [-0.39, 0.29) is 11.3 Å². The van der Waals surface area contributed by atoms with Gasteiger partial charge >= 0.3 is 5.97 Å². The number of hydrogen-bond donors (Lipinski definition) is 2. The molecule has 3 aromatic rings. The van der Waals surface area contributed by atoms with Crippen LogP contribution in [0.4, 0.5) is 11.4 Å². The van der Waals surface area contributed by atoms with Gasteiger partial charge in [0, 0.05) is 25.8 Å². The lowest BCUT2D eigenvalue weighted by Crippen LogP contribution is -2.17. The lowest BCUT2D eigenvalue weighted by Gasteiger charge is -2.18. The van der Waals surface area contributed by atoms with E-state index in [2.05, 4.69) is 12.2 Å². The molecule has 32 heavy (non-hydrogen) atoms. The minimum Gasteiger partial charge on any atom is -0.493 e. The maximum atomic E-state index is 13.2. The minimum atomic E-state index is -1.11. The lowest BCUT2D eigenvalue weighted by molar-refractivity contribution is 0.0698. The van der Waals surface area contributed by atoms with Crippen LogP contribution in [-0.2, 0) is 0 Å². The molecule has 0 heterocycles. The molecule has 6 nitrogen and oxygen atoms in total. The maximum Gasteiger partial charge on any atom is 0.337 e. The fourth-order valence-electron chi connectivity index (χ4n) is 3.26. The second-order valence-corrected chi connectivity index (χ2v) is 7.66. The van der Waals surface area contributed by atoms with Crippen LogP contribution in [0.2, 0.25) is 0 Å². The van der Waals surface area contributed by atoms with Crippen molar-refractivity contribution in [1.82, 2.24) is 0 Å². The Morgan fingerprint density at radius 2 is 1.66 bits per heavy atom. The summed E-state index contributed by atoms with van der Waals surface area (Å²) in [6.45, 7) is 2.57. The number of benzene rings is 3. The van der Waals surface area contributed by atoms with Crippen LogP contribution in [-0.4, -0.2) is 37.7 Å². The number of hydrogen-bond acceptors (Lipinski definition) is 4. The fourth-order valence-corrected chi connectivity index (χ4v) is 3.26. The zero-order valence-corrected chi connectivity index (χ0v) is 18.6. The Hall–Kier alpha value is -3.80. The molecule has 0 aliphatic carbocycles. The third kappa shape index (κ3) is 5.46. The zero-order valence-electron chi connectivity index (χ0n) is 18.6. The van der Waals surface area contributed by atoms with Crippen LogP contribution in [0.25, 0.3) is 11.1 Å². The smallest absolute Gasteiger partial charge is 0.337 e. The molecule has 0 aliphatic rings. The molecule has 3 aromatic carbocycles. The average Bonchev–Trinajstić information content (AvgIpc) is 2.79. The molecule has 0 bridgehead atoms. The van der Waals surface area contributed by atoms with Gasteiger partial charge in [0.05, 0.1) is 23.4 Å². The van der Waals surface area contributed by atoms with Crippen molar-refractivity contribution >= 4 is 23.3 Å². The van der Waals surface area contributed by atoms with Crippen LogP contribution in [0.1, 0.15) is 40.5 Å². The Labute approximate surface area is 188 Å². The standard InChI is InChI=1S/C26H28N2O4/c1-4-5-15-32-24-17-20(28(2)3)12-14-22(24)25(29)27-23-16-19(11-13-21(23)26(30)31)18-9-7-6-8-10-18/h6-14,16-17H,4-5,15H2,1-3H3,(H,27,29)(H,30,31). The SMILES string of the molecule is CCCCOc1cc(N(C)C)ccc1C(=O)Nc1cc(-c2ccccc2)ccc1C(=O)O. The molecule has 0 fully saturated rings. The number of rotatable bonds is 9. The van der Waals surface area contributed by atoms with Crippen molar-refractivity contribution in [2.45, 2.75) is 19.8 Å². The summed E-state index contributed by atoms with van der Waals surface area (Å²) in [4.78, 5) is 26.9. The van der Waals surface area contributed by atoms with Gasteiger partial charge in [0.25, 0.3) is 5.91 Å². The fraction of sp³-hybridized carbons (Fsp3) is 0.231. The van der Waals surface area contributed by atoms with E-state index in [1.165, 1.54) is 6.07 Å². The summed E-state index contributed by atoms with van der Waals surface area (Å²) in [5.74, 6) is -1.06. The van der Waals surface area contributed by atoms with Crippen LogP contribution < -0.4 is 15.0 Å². The van der Waals surface area contributed by atoms with E-state index in [4.69, 9.17) is 4.74 Å². The number of amides is 1. The van der Waals surface area contributed by atoms with Gasteiger partial charge < -0.3 is 20.1 Å². The number of carbonyl (C=O) groups excluding carboxylic acids is 1. The van der Waals surface area contributed by atoms with Gasteiger partial charge in [0.1, 0.15) is 5.75 Å². The van der Waals surface area contributed by atoms with Crippen LogP contribution in [0.15, 0.2) is 66.7 Å². The van der Waals surface area contributed by atoms with E-state index in [0.717, 1.165) is 29.7 Å². The quantitative estimate of drug-likeness (QED) is 0.434. The first kappa shape index (κ1) is 22.9. The number of carboxylic acid groups (broad SMARTS) is 1. The van der Waals surface area contributed by atoms with Crippen LogP contribution in [0, 0.1) is 0 Å². The molecule has 0 atom stereocenters. The first-order chi connectivity index (χ1) is 15.4. The second kappa shape index (κ2) is 10.5. The summed E-state index contributed by atoms with van der Waals surface area (Å²) in [5.41, 5.74) is 3.27. The molecule has 0 spiro atoms. The van der Waals surface area contributed by atoms with Gasteiger partial charge in [-0.3, -0.25) is 4.79 Å². The first-order valence-corrected chi connectivity index (χ1v) is 10.6. The normalized spacial score (nSPS) is 10.5. The molecule has 6 heteroatoms. The molecular formula is C26H28N2O4. The van der Waals surface area contributed by atoms with Crippen molar-refractivity contribution in [1.29, 1.82) is 0 Å². The van der Waals surface area contributed by atoms with Gasteiger partial charge in [-0.05, 0) is 41.8 Å². The summed E-state index contributed by atoms with van der Waals surface area (Å²) in [7, 11) is 3.83. The monoisotopic (exact) mass is 432 g/mol. The van der Waals surface area contributed by atoms with Gasteiger partial charge in [0.2, 0.25) is 0 Å². The predicted molar refractivity (Wildman–Crippen MR) is 128 cm³/mol. The summed E-state index contributed by atoms with van der Waals surface area (Å²) < 4.78 is 5.89. The highest BCUT2D eigenvalue weighted by Crippen LogP contribution is 2.29. The van der Waals surface area contributed by atoms with Gasteiger partial charge in [-0.1, -0.05) is 49.7 Å². The third-order valence-corrected chi connectivity index (χ3v) is 5.09. The molecular weight excluding hydrogens is 404 g/mol. The second-order valence-electron chi connectivity index (χ2n) is 7.66. The van der Waals surface area contributed by atoms with Crippen molar-refractivity contribution in [3.05, 3.63) is 77.9 Å². The van der Waals surface area contributed by atoms with E-state index in [0.29, 0.717) is 17.9 Å². The van der Waals surface area contributed by atoms with Crippen molar-refractivity contribution in [2.75, 3.05) is 30.9 Å². The van der Waals surface area contributed by atoms with E-state index < -0.39 is 11.9 Å². The summed E-state index contributed by atoms with van der Waals surface area (Å²) in [5, 5.41) is 12.4. The van der Waals surface area contributed by atoms with Crippen LogP contribution in [0.5, 0.6) is 5.75 Å². The number of aromatic carboxylic acids is 1. The molecule has 0 aromatic heterocycles. The molecule has 0 radical (unpaired) electrons. The molecule has 0 aliphatic heterocycles. The van der Waals surface area contributed by atoms with Crippen molar-refractivity contribution in [2.24, 2.45) is 0 Å². The third-order valence-electron chi connectivity index (χ3n) is 5.09. The molecule has 0 unspecified atom stereocenters. The summed E-state index contributed by atoms with van der Waals surface area (Å²) >= 11 is 0. The predicted octanol–water partition coefficient (Wildman–Crippen LogP) is 5.55. The minimum absolute atomic E-state index is 0.0244. The molecule has 3 rings (SSSR count). The summed E-state index contributed by atoms with van der Waals surface area (Å²) in [6, 6.07) is 19.9. The van der Waals surface area contributed by atoms with Crippen LogP contribution in [0.3, 0.4) is 0 Å². The number of ether oxygens (including phenoxy) is 1. The summed E-state index contributed by atoms with van der Waals surface area (Å²) in [6.07, 6.45) is 1.85. The van der Waals surface area contributed by atoms with Crippen molar-refractivity contribution in [3.8, 4) is 16.9 Å². The topological polar surface area (TPSA) is 78.9 Å². The first-order valence-electron chi connectivity index (χ1n) is 10.6. The largest absolute Gasteiger partial charge is 0.493 e. The highest BCUT2D eigenvalue weighted by atomic mass is 16.5. The van der Waals surface area contributed by atoms with E-state index in [1.807, 2.05) is 61.5 Å². The lowest BCUT2D eigenvalue weighted by atomic mass is 10.0. The van der Waals surface area contributed by atoms with E-state index in [1.54, 1.807) is 18.2 Å².